The van der Waals surface area contributed by atoms with Crippen LogP contribution in [-0.2, 0) is 27.2 Å². The predicted octanol–water partition coefficient (Wildman–Crippen LogP) is 1.42. The molecule has 1 aliphatic rings. The molecule has 0 bridgehead atoms. The molecule has 0 unspecified atom stereocenters. The SMILES string of the molecule is Bc1c(Cc2ccc(F)cc2)cnc2c(O)c(C(=O)OCC)c(=O)n(C[C@@H]3COC(C)(C)O3)c12. The number of ether oxygens (including phenoxy) is 3. The van der Waals surface area contributed by atoms with Gasteiger partial charge in [-0.05, 0) is 50.5 Å². The van der Waals surface area contributed by atoms with Gasteiger partial charge in [0.25, 0.3) is 5.56 Å². The van der Waals surface area contributed by atoms with Gasteiger partial charge in [-0.3, -0.25) is 9.78 Å². The summed E-state index contributed by atoms with van der Waals surface area (Å²) >= 11 is 0. The van der Waals surface area contributed by atoms with Gasteiger partial charge in [-0.25, -0.2) is 9.18 Å². The van der Waals surface area contributed by atoms with Crippen molar-refractivity contribution in [3.63, 3.8) is 0 Å². The summed E-state index contributed by atoms with van der Waals surface area (Å²) in [7, 11) is 1.82. The van der Waals surface area contributed by atoms with Gasteiger partial charge in [0.1, 0.15) is 25.3 Å². The minimum absolute atomic E-state index is 0.0482. The van der Waals surface area contributed by atoms with Gasteiger partial charge in [-0.2, -0.15) is 0 Å². The van der Waals surface area contributed by atoms with E-state index in [9.17, 15) is 19.1 Å². The normalized spacial score (nSPS) is 17.2. The van der Waals surface area contributed by atoms with Crippen molar-refractivity contribution in [3.05, 3.63) is 63.3 Å². The zero-order chi connectivity index (χ0) is 24.6. The number of hydrogen-bond donors (Lipinski definition) is 1. The molecular formula is C24H26BFN2O6. The molecule has 1 saturated heterocycles. The number of aromatic hydroxyl groups is 1. The highest BCUT2D eigenvalue weighted by Gasteiger charge is 2.34. The Morgan fingerprint density at radius 2 is 2.06 bits per heavy atom. The maximum absolute atomic E-state index is 13.5. The Bertz CT molecular complexity index is 1310. The third kappa shape index (κ3) is 4.56. The molecule has 0 spiro atoms. The topological polar surface area (TPSA) is 99.9 Å². The Balaban J connectivity index is 1.88. The molecule has 178 valence electrons. The second kappa shape index (κ2) is 9.19. The molecule has 2 aromatic heterocycles. The molecule has 1 atom stereocenters. The lowest BCUT2D eigenvalue weighted by Gasteiger charge is -2.21. The van der Waals surface area contributed by atoms with Crippen LogP contribution in [0.1, 0.15) is 42.3 Å². The molecule has 34 heavy (non-hydrogen) atoms. The highest BCUT2D eigenvalue weighted by atomic mass is 19.1. The zero-order valence-electron chi connectivity index (χ0n) is 19.6. The first-order chi connectivity index (χ1) is 16.1. The fourth-order valence-corrected chi connectivity index (χ4v) is 4.21. The molecule has 3 heterocycles. The lowest BCUT2D eigenvalue weighted by atomic mass is 9.86. The van der Waals surface area contributed by atoms with Gasteiger partial charge in [0, 0.05) is 6.20 Å². The van der Waals surface area contributed by atoms with Crippen molar-refractivity contribution in [1.29, 1.82) is 0 Å². The predicted molar refractivity (Wildman–Crippen MR) is 126 cm³/mol. The number of halogens is 1. The minimum Gasteiger partial charge on any atom is -0.505 e. The number of carbonyl (C=O) groups is 1. The summed E-state index contributed by atoms with van der Waals surface area (Å²) in [6.45, 7) is 5.58. The highest BCUT2D eigenvalue weighted by molar-refractivity contribution is 6.39. The van der Waals surface area contributed by atoms with E-state index in [0.29, 0.717) is 17.4 Å². The number of esters is 1. The van der Waals surface area contributed by atoms with Gasteiger partial charge in [-0.15, -0.1) is 0 Å². The number of benzene rings is 1. The quantitative estimate of drug-likeness (QED) is 0.432. The summed E-state index contributed by atoms with van der Waals surface area (Å²) in [6.07, 6.45) is 1.58. The summed E-state index contributed by atoms with van der Waals surface area (Å²) in [5, 5.41) is 10.9. The van der Waals surface area contributed by atoms with Crippen LogP contribution in [0.25, 0.3) is 11.0 Å². The van der Waals surface area contributed by atoms with E-state index >= 15 is 0 Å². The van der Waals surface area contributed by atoms with Crippen LogP contribution in [-0.4, -0.2) is 53.6 Å². The molecule has 0 radical (unpaired) electrons. The Morgan fingerprint density at radius 1 is 1.35 bits per heavy atom. The molecule has 1 aromatic carbocycles. The monoisotopic (exact) mass is 468 g/mol. The maximum atomic E-state index is 13.5. The first kappa shape index (κ1) is 23.9. The van der Waals surface area contributed by atoms with Crippen molar-refractivity contribution in [1.82, 2.24) is 9.55 Å². The summed E-state index contributed by atoms with van der Waals surface area (Å²) in [5.41, 5.74) is 1.70. The average Bonchev–Trinajstić information content (AvgIpc) is 3.13. The van der Waals surface area contributed by atoms with E-state index in [1.807, 2.05) is 7.85 Å². The second-order valence-electron chi connectivity index (χ2n) is 8.72. The fourth-order valence-electron chi connectivity index (χ4n) is 4.21. The van der Waals surface area contributed by atoms with Crippen LogP contribution in [0.3, 0.4) is 0 Å². The molecule has 1 fully saturated rings. The van der Waals surface area contributed by atoms with Gasteiger partial charge in [0.05, 0.1) is 25.3 Å². The van der Waals surface area contributed by atoms with E-state index < -0.39 is 34.7 Å². The standard InChI is InChI=1S/C24H26BFN2O6/c1-4-32-23(31)17-21(29)19-20(28(22(17)30)11-16-12-33-24(2,3)34-16)18(25)14(10-27-19)9-13-5-7-15(26)8-6-13/h5-8,10,16,29H,4,9,11-12,25H2,1-3H3/t16-/m1/s1. The number of nitrogens with zero attached hydrogens (tertiary/aromatic N) is 2. The molecule has 3 aromatic rings. The molecular weight excluding hydrogens is 442 g/mol. The maximum Gasteiger partial charge on any atom is 0.347 e. The Morgan fingerprint density at radius 3 is 2.68 bits per heavy atom. The Hall–Kier alpha value is -3.24. The third-order valence-corrected chi connectivity index (χ3v) is 5.84. The van der Waals surface area contributed by atoms with Crippen LogP contribution in [0.2, 0.25) is 0 Å². The number of rotatable bonds is 6. The van der Waals surface area contributed by atoms with E-state index in [0.717, 1.165) is 11.1 Å². The van der Waals surface area contributed by atoms with Crippen LogP contribution >= 0.6 is 0 Å². The van der Waals surface area contributed by atoms with Crippen LogP contribution in [0, 0.1) is 5.82 Å². The Labute approximate surface area is 196 Å². The first-order valence-electron chi connectivity index (χ1n) is 11.1. The molecule has 10 heteroatoms. The summed E-state index contributed by atoms with van der Waals surface area (Å²) in [4.78, 5) is 30.4. The highest BCUT2D eigenvalue weighted by Crippen LogP contribution is 2.28. The van der Waals surface area contributed by atoms with Crippen molar-refractivity contribution in [3.8, 4) is 5.75 Å². The number of fused-ring (bicyclic) bond motifs is 1. The summed E-state index contributed by atoms with van der Waals surface area (Å²) in [5.74, 6) is -2.56. The zero-order valence-corrected chi connectivity index (χ0v) is 19.6. The van der Waals surface area contributed by atoms with Crippen LogP contribution in [0.4, 0.5) is 4.39 Å². The van der Waals surface area contributed by atoms with E-state index in [4.69, 9.17) is 14.2 Å². The average molecular weight is 468 g/mol. The summed E-state index contributed by atoms with van der Waals surface area (Å²) < 4.78 is 31.3. The lowest BCUT2D eigenvalue weighted by molar-refractivity contribution is -0.139. The lowest BCUT2D eigenvalue weighted by Crippen LogP contribution is -2.35. The van der Waals surface area contributed by atoms with E-state index in [1.165, 1.54) is 16.7 Å². The van der Waals surface area contributed by atoms with Crippen molar-refractivity contribution in [2.45, 2.75) is 45.6 Å². The van der Waals surface area contributed by atoms with Crippen molar-refractivity contribution < 1.29 is 28.5 Å². The number of aromatic nitrogens is 2. The number of carbonyl (C=O) groups excluding carboxylic acids is 1. The second-order valence-corrected chi connectivity index (χ2v) is 8.72. The van der Waals surface area contributed by atoms with Crippen LogP contribution < -0.4 is 11.0 Å². The molecule has 4 rings (SSSR count). The number of pyridine rings is 2. The fraction of sp³-hybridized carbons (Fsp3) is 0.375. The molecule has 0 aliphatic carbocycles. The van der Waals surface area contributed by atoms with Gasteiger partial charge in [0.15, 0.2) is 17.1 Å². The number of hydrogen-bond acceptors (Lipinski definition) is 7. The summed E-state index contributed by atoms with van der Waals surface area (Å²) in [6, 6.07) is 6.12. The molecule has 1 aliphatic heterocycles. The van der Waals surface area contributed by atoms with Crippen molar-refractivity contribution in [2.24, 2.45) is 0 Å². The van der Waals surface area contributed by atoms with Gasteiger partial charge in [0.2, 0.25) is 0 Å². The van der Waals surface area contributed by atoms with Crippen LogP contribution in [0.15, 0.2) is 35.3 Å². The van der Waals surface area contributed by atoms with E-state index in [-0.39, 0.29) is 31.1 Å². The van der Waals surface area contributed by atoms with Crippen LogP contribution in [0.5, 0.6) is 5.75 Å². The van der Waals surface area contributed by atoms with Crippen molar-refractivity contribution >= 4 is 30.3 Å². The van der Waals surface area contributed by atoms with Crippen molar-refractivity contribution in [2.75, 3.05) is 13.2 Å². The molecule has 0 amide bonds. The largest absolute Gasteiger partial charge is 0.505 e. The van der Waals surface area contributed by atoms with Gasteiger partial charge >= 0.3 is 5.97 Å². The van der Waals surface area contributed by atoms with E-state index in [1.54, 1.807) is 39.1 Å². The smallest absolute Gasteiger partial charge is 0.347 e. The van der Waals surface area contributed by atoms with Gasteiger partial charge < -0.3 is 23.9 Å². The van der Waals surface area contributed by atoms with E-state index in [2.05, 4.69) is 4.98 Å². The van der Waals surface area contributed by atoms with Gasteiger partial charge in [-0.1, -0.05) is 17.6 Å². The Kier molecular flexibility index (Phi) is 6.46. The molecule has 0 saturated carbocycles. The third-order valence-electron chi connectivity index (χ3n) is 5.84. The molecule has 8 nitrogen and oxygen atoms in total. The molecule has 1 N–H and O–H groups in total. The minimum atomic E-state index is -0.917. The first-order valence-corrected chi connectivity index (χ1v) is 11.1.